The van der Waals surface area contributed by atoms with E-state index in [4.69, 9.17) is 5.73 Å². The standard InChI is InChI=1S/C13H18N4/c1-9(8-11-6-4-3-5-7-11)15-13-12(14)16-10(2)17-13/h3-7,9,15H,8,14H2,1-2H3,(H,16,17). The van der Waals surface area contributed by atoms with Gasteiger partial charge >= 0.3 is 0 Å². The second-order valence-corrected chi connectivity index (χ2v) is 4.32. The third-order valence-electron chi connectivity index (χ3n) is 2.62. The van der Waals surface area contributed by atoms with Crippen LogP contribution in [-0.2, 0) is 6.42 Å². The average Bonchev–Trinajstić information content (AvgIpc) is 2.58. The highest BCUT2D eigenvalue weighted by Gasteiger charge is 2.08. The van der Waals surface area contributed by atoms with Crippen molar-refractivity contribution in [2.75, 3.05) is 11.1 Å². The fraction of sp³-hybridized carbons (Fsp3) is 0.308. The summed E-state index contributed by atoms with van der Waals surface area (Å²) in [5, 5.41) is 3.31. The van der Waals surface area contributed by atoms with Crippen LogP contribution in [0, 0.1) is 6.92 Å². The van der Waals surface area contributed by atoms with Crippen LogP contribution >= 0.6 is 0 Å². The molecular formula is C13H18N4. The number of nitrogens with zero attached hydrogens (tertiary/aromatic N) is 1. The van der Waals surface area contributed by atoms with E-state index < -0.39 is 0 Å². The van der Waals surface area contributed by atoms with Crippen LogP contribution in [0.4, 0.5) is 11.6 Å². The number of rotatable bonds is 4. The van der Waals surface area contributed by atoms with Gasteiger partial charge in [0.15, 0.2) is 5.82 Å². The Morgan fingerprint density at radius 3 is 2.65 bits per heavy atom. The van der Waals surface area contributed by atoms with E-state index in [0.29, 0.717) is 11.9 Å². The average molecular weight is 230 g/mol. The first-order valence-electron chi connectivity index (χ1n) is 5.77. The van der Waals surface area contributed by atoms with Gasteiger partial charge in [0.25, 0.3) is 0 Å². The van der Waals surface area contributed by atoms with E-state index in [-0.39, 0.29) is 0 Å². The van der Waals surface area contributed by atoms with Crippen LogP contribution in [0.1, 0.15) is 18.3 Å². The molecule has 4 heteroatoms. The van der Waals surface area contributed by atoms with Crippen molar-refractivity contribution in [1.29, 1.82) is 0 Å². The molecule has 0 radical (unpaired) electrons. The number of benzene rings is 1. The summed E-state index contributed by atoms with van der Waals surface area (Å²) >= 11 is 0. The molecule has 1 aromatic heterocycles. The Morgan fingerprint density at radius 2 is 2.06 bits per heavy atom. The summed E-state index contributed by atoms with van der Waals surface area (Å²) in [5.41, 5.74) is 7.11. The maximum absolute atomic E-state index is 5.80. The predicted octanol–water partition coefficient (Wildman–Crippen LogP) is 2.34. The van der Waals surface area contributed by atoms with Crippen LogP contribution in [0.2, 0.25) is 0 Å². The Hall–Kier alpha value is -1.97. The minimum Gasteiger partial charge on any atom is -0.382 e. The Labute approximate surface area is 101 Å². The lowest BCUT2D eigenvalue weighted by Gasteiger charge is -2.13. The zero-order chi connectivity index (χ0) is 12.3. The SMILES string of the molecule is Cc1nc(NC(C)Cc2ccccc2)c(N)[nH]1. The van der Waals surface area contributed by atoms with Gasteiger partial charge in [0.1, 0.15) is 11.6 Å². The van der Waals surface area contributed by atoms with E-state index >= 15 is 0 Å². The number of nitrogen functional groups attached to an aromatic ring is 1. The summed E-state index contributed by atoms with van der Waals surface area (Å²) in [4.78, 5) is 7.28. The number of nitrogens with two attached hydrogens (primary N) is 1. The summed E-state index contributed by atoms with van der Waals surface area (Å²) < 4.78 is 0. The quantitative estimate of drug-likeness (QED) is 0.755. The lowest BCUT2D eigenvalue weighted by Crippen LogP contribution is -2.19. The minimum absolute atomic E-state index is 0.294. The summed E-state index contributed by atoms with van der Waals surface area (Å²) in [5.74, 6) is 2.17. The van der Waals surface area contributed by atoms with Crippen LogP contribution in [0.5, 0.6) is 0 Å². The van der Waals surface area contributed by atoms with Crippen molar-refractivity contribution in [3.05, 3.63) is 41.7 Å². The molecular weight excluding hydrogens is 212 g/mol. The van der Waals surface area contributed by atoms with Gasteiger partial charge in [0.05, 0.1) is 0 Å². The van der Waals surface area contributed by atoms with Crippen LogP contribution in [0.25, 0.3) is 0 Å². The number of hydrogen-bond donors (Lipinski definition) is 3. The van der Waals surface area contributed by atoms with E-state index in [1.54, 1.807) is 0 Å². The number of aromatic amines is 1. The zero-order valence-corrected chi connectivity index (χ0v) is 10.2. The molecule has 0 bridgehead atoms. The molecule has 4 nitrogen and oxygen atoms in total. The first-order valence-corrected chi connectivity index (χ1v) is 5.77. The molecule has 0 saturated carbocycles. The molecule has 0 aliphatic heterocycles. The number of anilines is 2. The van der Waals surface area contributed by atoms with E-state index in [0.717, 1.165) is 18.1 Å². The lowest BCUT2D eigenvalue weighted by atomic mass is 10.1. The Morgan fingerprint density at radius 1 is 1.35 bits per heavy atom. The van der Waals surface area contributed by atoms with Gasteiger partial charge in [-0.1, -0.05) is 30.3 Å². The van der Waals surface area contributed by atoms with Gasteiger partial charge in [-0.15, -0.1) is 0 Å². The van der Waals surface area contributed by atoms with E-state index in [9.17, 15) is 0 Å². The molecule has 2 aromatic rings. The maximum Gasteiger partial charge on any atom is 0.168 e. The van der Waals surface area contributed by atoms with Crippen molar-refractivity contribution in [2.45, 2.75) is 26.3 Å². The highest BCUT2D eigenvalue weighted by Crippen LogP contribution is 2.16. The Kier molecular flexibility index (Phi) is 3.32. The maximum atomic E-state index is 5.80. The molecule has 2 rings (SSSR count). The largest absolute Gasteiger partial charge is 0.382 e. The van der Waals surface area contributed by atoms with Crippen LogP contribution in [-0.4, -0.2) is 16.0 Å². The number of imidazole rings is 1. The summed E-state index contributed by atoms with van der Waals surface area (Å²) in [7, 11) is 0. The smallest absolute Gasteiger partial charge is 0.168 e. The van der Waals surface area contributed by atoms with E-state index in [2.05, 4.69) is 46.5 Å². The van der Waals surface area contributed by atoms with Gasteiger partial charge in [-0.2, -0.15) is 0 Å². The third-order valence-corrected chi connectivity index (χ3v) is 2.62. The fourth-order valence-electron chi connectivity index (χ4n) is 1.87. The van der Waals surface area contributed by atoms with Crippen molar-refractivity contribution in [3.63, 3.8) is 0 Å². The number of H-pyrrole nitrogens is 1. The number of aromatic nitrogens is 2. The summed E-state index contributed by atoms with van der Waals surface area (Å²) in [6, 6.07) is 10.7. The first-order chi connectivity index (χ1) is 8.15. The van der Waals surface area contributed by atoms with Gasteiger partial charge in [0.2, 0.25) is 0 Å². The van der Waals surface area contributed by atoms with Crippen molar-refractivity contribution in [2.24, 2.45) is 0 Å². The third kappa shape index (κ3) is 3.00. The summed E-state index contributed by atoms with van der Waals surface area (Å²) in [6.45, 7) is 4.01. The van der Waals surface area contributed by atoms with Gasteiger partial charge in [-0.25, -0.2) is 4.98 Å². The molecule has 1 atom stereocenters. The van der Waals surface area contributed by atoms with Gasteiger partial charge in [-0.3, -0.25) is 0 Å². The molecule has 0 aliphatic carbocycles. The molecule has 0 fully saturated rings. The lowest BCUT2D eigenvalue weighted by molar-refractivity contribution is 0.786. The highest BCUT2D eigenvalue weighted by molar-refractivity contribution is 5.57. The van der Waals surface area contributed by atoms with E-state index in [1.165, 1.54) is 5.56 Å². The van der Waals surface area contributed by atoms with Crippen LogP contribution in [0.3, 0.4) is 0 Å². The van der Waals surface area contributed by atoms with E-state index in [1.807, 2.05) is 13.0 Å². The Balaban J connectivity index is 1.98. The highest BCUT2D eigenvalue weighted by atomic mass is 15.1. The molecule has 0 spiro atoms. The van der Waals surface area contributed by atoms with Crippen molar-refractivity contribution in [3.8, 4) is 0 Å². The number of aryl methyl sites for hydroxylation is 1. The molecule has 1 aromatic carbocycles. The van der Waals surface area contributed by atoms with Gasteiger partial charge in [-0.05, 0) is 25.8 Å². The molecule has 0 saturated heterocycles. The van der Waals surface area contributed by atoms with Crippen LogP contribution < -0.4 is 11.1 Å². The van der Waals surface area contributed by atoms with Gasteiger partial charge in [0, 0.05) is 6.04 Å². The monoisotopic (exact) mass is 230 g/mol. The number of nitrogens with one attached hydrogen (secondary N) is 2. The molecule has 1 heterocycles. The summed E-state index contributed by atoms with van der Waals surface area (Å²) in [6.07, 6.45) is 0.951. The second-order valence-electron chi connectivity index (χ2n) is 4.32. The molecule has 17 heavy (non-hydrogen) atoms. The topological polar surface area (TPSA) is 66.7 Å². The Bertz CT molecular complexity index is 475. The molecule has 0 aliphatic rings. The van der Waals surface area contributed by atoms with Crippen LogP contribution in [0.15, 0.2) is 30.3 Å². The predicted molar refractivity (Wildman–Crippen MR) is 71.0 cm³/mol. The normalized spacial score (nSPS) is 12.4. The second kappa shape index (κ2) is 4.91. The van der Waals surface area contributed by atoms with Gasteiger partial charge < -0.3 is 16.0 Å². The molecule has 90 valence electrons. The molecule has 0 amide bonds. The fourth-order valence-corrected chi connectivity index (χ4v) is 1.87. The number of hydrogen-bond acceptors (Lipinski definition) is 3. The van der Waals surface area contributed by atoms with Crippen molar-refractivity contribution < 1.29 is 0 Å². The van der Waals surface area contributed by atoms with Crippen molar-refractivity contribution >= 4 is 11.6 Å². The molecule has 4 N–H and O–H groups in total. The first kappa shape index (κ1) is 11.5. The molecule has 1 unspecified atom stereocenters. The zero-order valence-electron chi connectivity index (χ0n) is 10.2. The minimum atomic E-state index is 0.294. The van der Waals surface area contributed by atoms with Crippen molar-refractivity contribution in [1.82, 2.24) is 9.97 Å².